The van der Waals surface area contributed by atoms with Crippen LogP contribution in [0, 0.1) is 22.7 Å². The van der Waals surface area contributed by atoms with Gasteiger partial charge in [-0.15, -0.1) is 0 Å². The monoisotopic (exact) mass is 408 g/mol. The lowest BCUT2D eigenvalue weighted by molar-refractivity contribution is 0.335. The van der Waals surface area contributed by atoms with Crippen molar-refractivity contribution in [3.8, 4) is 6.07 Å². The lowest BCUT2D eigenvalue weighted by atomic mass is 9.74. The van der Waals surface area contributed by atoms with Gasteiger partial charge >= 0.3 is 0 Å². The quantitative estimate of drug-likeness (QED) is 0.597. The number of benzene rings is 2. The number of nitriles is 1. The number of hydrogen-bond donors (Lipinski definition) is 1. The van der Waals surface area contributed by atoms with Crippen molar-refractivity contribution >= 4 is 35.2 Å². The van der Waals surface area contributed by atoms with Gasteiger partial charge in [-0.3, -0.25) is 5.41 Å². The Hall–Kier alpha value is -2.54. The molecular formula is C23H18Cl2N2O. The highest BCUT2D eigenvalue weighted by Gasteiger charge is 2.40. The molecule has 0 saturated heterocycles. The van der Waals surface area contributed by atoms with E-state index in [9.17, 15) is 5.26 Å². The summed E-state index contributed by atoms with van der Waals surface area (Å²) in [5, 5.41) is 19.4. The zero-order valence-corrected chi connectivity index (χ0v) is 16.6. The van der Waals surface area contributed by atoms with Gasteiger partial charge in [0.25, 0.3) is 0 Å². The minimum Gasteiger partial charge on any atom is -0.442 e. The van der Waals surface area contributed by atoms with Crippen LogP contribution >= 0.6 is 23.2 Å². The van der Waals surface area contributed by atoms with Gasteiger partial charge in [0.05, 0.1) is 6.07 Å². The first kappa shape index (κ1) is 18.8. The fraction of sp³-hybridized carbons (Fsp3) is 0.217. The van der Waals surface area contributed by atoms with Crippen molar-refractivity contribution < 1.29 is 4.74 Å². The van der Waals surface area contributed by atoms with E-state index < -0.39 is 5.92 Å². The molecule has 1 N–H and O–H groups in total. The fourth-order valence-electron chi connectivity index (χ4n) is 3.95. The number of halogens is 2. The van der Waals surface area contributed by atoms with Gasteiger partial charge in [0.2, 0.25) is 5.90 Å². The van der Waals surface area contributed by atoms with E-state index in [1.54, 1.807) is 0 Å². The van der Waals surface area contributed by atoms with E-state index in [4.69, 9.17) is 33.3 Å². The Morgan fingerprint density at radius 3 is 2.29 bits per heavy atom. The zero-order chi connectivity index (χ0) is 19.7. The highest BCUT2D eigenvalue weighted by atomic mass is 35.5. The van der Waals surface area contributed by atoms with Gasteiger partial charge in [-0.25, -0.2) is 0 Å². The molecule has 1 aliphatic carbocycles. The second-order valence-electron chi connectivity index (χ2n) is 7.03. The molecule has 0 aromatic heterocycles. The largest absolute Gasteiger partial charge is 0.442 e. The standard InChI is InChI=1S/C23H18Cl2N2O/c24-17-8-4-14(5-9-17)12-16-2-1-3-19-21(15-6-10-18(25)11-7-15)20(13-26)23(27)28-22(16)19/h4-12,20-21,27H,1-3H2/b16-12+,27-23?. The van der Waals surface area contributed by atoms with Crippen molar-refractivity contribution in [2.75, 3.05) is 0 Å². The minimum atomic E-state index is -0.630. The SMILES string of the molecule is N#CC1C(=N)OC2=C(CCC/C2=C\c2ccc(Cl)cc2)C1c1ccc(Cl)cc1. The second kappa shape index (κ2) is 7.83. The molecule has 3 nitrogen and oxygen atoms in total. The van der Waals surface area contributed by atoms with Gasteiger partial charge in [0.1, 0.15) is 11.7 Å². The van der Waals surface area contributed by atoms with E-state index in [-0.39, 0.29) is 11.8 Å². The average Bonchev–Trinajstić information content (AvgIpc) is 2.70. The molecule has 4 rings (SSSR count). The molecule has 2 aromatic carbocycles. The summed E-state index contributed by atoms with van der Waals surface area (Å²) < 4.78 is 5.90. The first-order valence-corrected chi connectivity index (χ1v) is 9.93. The van der Waals surface area contributed by atoms with Crippen LogP contribution in [0.5, 0.6) is 0 Å². The predicted molar refractivity (Wildman–Crippen MR) is 112 cm³/mol. The van der Waals surface area contributed by atoms with Gasteiger partial charge in [0, 0.05) is 16.0 Å². The number of hydrogen-bond acceptors (Lipinski definition) is 3. The molecule has 0 radical (unpaired) electrons. The van der Waals surface area contributed by atoms with Crippen LogP contribution < -0.4 is 0 Å². The smallest absolute Gasteiger partial charge is 0.205 e. The Morgan fingerprint density at radius 2 is 1.64 bits per heavy atom. The maximum atomic E-state index is 9.72. The zero-order valence-electron chi connectivity index (χ0n) is 15.1. The van der Waals surface area contributed by atoms with Crippen molar-refractivity contribution in [3.05, 3.63) is 86.6 Å². The summed E-state index contributed by atoms with van der Waals surface area (Å²) >= 11 is 12.0. The minimum absolute atomic E-state index is 0.00473. The molecule has 0 saturated carbocycles. The van der Waals surface area contributed by atoms with Crippen molar-refractivity contribution in [2.45, 2.75) is 25.2 Å². The average molecular weight is 409 g/mol. The van der Waals surface area contributed by atoms with Crippen molar-refractivity contribution in [1.82, 2.24) is 0 Å². The summed E-state index contributed by atoms with van der Waals surface area (Å²) in [5.74, 6) is -0.0648. The van der Waals surface area contributed by atoms with Crippen LogP contribution in [0.1, 0.15) is 36.3 Å². The van der Waals surface area contributed by atoms with E-state index in [1.165, 1.54) is 0 Å². The normalized spacial score (nSPS) is 23.2. The van der Waals surface area contributed by atoms with Crippen molar-refractivity contribution in [3.63, 3.8) is 0 Å². The molecule has 2 unspecified atom stereocenters. The van der Waals surface area contributed by atoms with Gasteiger partial charge in [-0.1, -0.05) is 47.5 Å². The summed E-state index contributed by atoms with van der Waals surface area (Å²) in [6, 6.07) is 17.5. The Bertz CT molecular complexity index is 1010. The van der Waals surface area contributed by atoms with Crippen LogP contribution in [0.15, 0.2) is 65.4 Å². The summed E-state index contributed by atoms with van der Waals surface area (Å²) in [5.41, 5.74) is 4.18. The van der Waals surface area contributed by atoms with E-state index >= 15 is 0 Å². The molecule has 140 valence electrons. The third kappa shape index (κ3) is 3.58. The lowest BCUT2D eigenvalue weighted by Gasteiger charge is -2.36. The van der Waals surface area contributed by atoms with Gasteiger partial charge < -0.3 is 4.74 Å². The lowest BCUT2D eigenvalue weighted by Crippen LogP contribution is -2.32. The Morgan fingerprint density at radius 1 is 1.00 bits per heavy atom. The van der Waals surface area contributed by atoms with Crippen molar-refractivity contribution in [2.24, 2.45) is 5.92 Å². The van der Waals surface area contributed by atoms with Gasteiger partial charge in [0.15, 0.2) is 0 Å². The van der Waals surface area contributed by atoms with Crippen molar-refractivity contribution in [1.29, 1.82) is 10.7 Å². The van der Waals surface area contributed by atoms with Crippen LogP contribution in [0.3, 0.4) is 0 Å². The Labute approximate surface area is 174 Å². The molecule has 0 amide bonds. The second-order valence-corrected chi connectivity index (χ2v) is 7.90. The number of rotatable bonds is 2. The first-order valence-electron chi connectivity index (χ1n) is 9.18. The summed E-state index contributed by atoms with van der Waals surface area (Å²) in [6.45, 7) is 0. The third-order valence-electron chi connectivity index (χ3n) is 5.26. The maximum Gasteiger partial charge on any atom is 0.205 e. The van der Waals surface area contributed by atoms with Crippen LogP contribution in [0.25, 0.3) is 6.08 Å². The predicted octanol–water partition coefficient (Wildman–Crippen LogP) is 6.75. The first-order chi connectivity index (χ1) is 13.6. The van der Waals surface area contributed by atoms with E-state index in [2.05, 4.69) is 12.1 Å². The highest BCUT2D eigenvalue weighted by molar-refractivity contribution is 6.30. The molecular weight excluding hydrogens is 391 g/mol. The molecule has 1 aliphatic heterocycles. The molecule has 2 aromatic rings. The number of ether oxygens (including phenoxy) is 1. The van der Waals surface area contributed by atoms with E-state index in [0.29, 0.717) is 10.0 Å². The summed E-state index contributed by atoms with van der Waals surface area (Å²) in [6.07, 6.45) is 4.80. The van der Waals surface area contributed by atoms with Crippen LogP contribution in [0.4, 0.5) is 0 Å². The molecule has 0 spiro atoms. The van der Waals surface area contributed by atoms with Gasteiger partial charge in [-0.05, 0) is 71.9 Å². The Balaban J connectivity index is 1.82. The van der Waals surface area contributed by atoms with E-state index in [1.807, 2.05) is 48.5 Å². The molecule has 0 fully saturated rings. The summed E-state index contributed by atoms with van der Waals surface area (Å²) in [4.78, 5) is 0. The van der Waals surface area contributed by atoms with Crippen LogP contribution in [-0.4, -0.2) is 5.90 Å². The third-order valence-corrected chi connectivity index (χ3v) is 5.76. The number of nitrogens with zero attached hydrogens (tertiary/aromatic N) is 1. The van der Waals surface area contributed by atoms with Crippen LogP contribution in [0.2, 0.25) is 10.0 Å². The van der Waals surface area contributed by atoms with Crippen LogP contribution in [-0.2, 0) is 4.74 Å². The maximum absolute atomic E-state index is 9.72. The topological polar surface area (TPSA) is 56.9 Å². The molecule has 0 bridgehead atoms. The van der Waals surface area contributed by atoms with E-state index in [0.717, 1.165) is 47.3 Å². The summed E-state index contributed by atoms with van der Waals surface area (Å²) in [7, 11) is 0. The van der Waals surface area contributed by atoms with Gasteiger partial charge in [-0.2, -0.15) is 5.26 Å². The highest BCUT2D eigenvalue weighted by Crippen LogP contribution is 2.46. The molecule has 2 atom stereocenters. The Kier molecular flexibility index (Phi) is 5.26. The fourth-order valence-corrected chi connectivity index (χ4v) is 4.20. The molecule has 28 heavy (non-hydrogen) atoms. The molecule has 2 aliphatic rings. The number of nitrogens with one attached hydrogen (secondary N) is 1. The molecule has 1 heterocycles. The number of allylic oxidation sites excluding steroid dienone is 2. The molecule has 5 heteroatoms.